The van der Waals surface area contributed by atoms with E-state index in [2.05, 4.69) is 10.8 Å². The van der Waals surface area contributed by atoms with Crippen LogP contribution in [0.25, 0.3) is 0 Å². The highest BCUT2D eigenvalue weighted by atomic mass is 16.5. The highest BCUT2D eigenvalue weighted by Crippen LogP contribution is 2.29. The molecular formula is C21H23NO4. The molecule has 0 saturated carbocycles. The van der Waals surface area contributed by atoms with E-state index in [4.69, 9.17) is 4.74 Å². The summed E-state index contributed by atoms with van der Waals surface area (Å²) < 4.78 is 10.5. The topological polar surface area (TPSA) is 55.8 Å². The minimum atomic E-state index is -0.373. The summed E-state index contributed by atoms with van der Waals surface area (Å²) in [6.45, 7) is 5.20. The van der Waals surface area contributed by atoms with Crippen molar-refractivity contribution in [1.82, 2.24) is 0 Å². The molecule has 1 aliphatic rings. The molecule has 26 heavy (non-hydrogen) atoms. The molecule has 0 spiro atoms. The first-order valence-corrected chi connectivity index (χ1v) is 8.66. The molecule has 2 aromatic carbocycles. The molecule has 1 amide bonds. The molecular weight excluding hydrogens is 330 g/mol. The second-order valence-corrected chi connectivity index (χ2v) is 6.69. The molecule has 1 unspecified atom stereocenters. The van der Waals surface area contributed by atoms with Crippen molar-refractivity contribution < 1.29 is 19.1 Å². The number of hydrogen-bond acceptors (Lipinski definition) is 4. The van der Waals surface area contributed by atoms with E-state index in [1.807, 2.05) is 30.9 Å². The molecule has 1 fully saturated rings. The molecule has 0 radical (unpaired) electrons. The van der Waals surface area contributed by atoms with Gasteiger partial charge in [-0.2, -0.15) is 0 Å². The van der Waals surface area contributed by atoms with Crippen molar-refractivity contribution >= 4 is 17.6 Å². The lowest BCUT2D eigenvalue weighted by molar-refractivity contribution is -0.117. The zero-order valence-corrected chi connectivity index (χ0v) is 15.3. The molecule has 0 bridgehead atoms. The third-order valence-corrected chi connectivity index (χ3v) is 4.61. The largest absolute Gasteiger partial charge is 0.493 e. The van der Waals surface area contributed by atoms with E-state index in [-0.39, 0.29) is 17.8 Å². The van der Waals surface area contributed by atoms with Gasteiger partial charge in [-0.1, -0.05) is 17.7 Å². The van der Waals surface area contributed by atoms with Gasteiger partial charge in [-0.15, -0.1) is 0 Å². The van der Waals surface area contributed by atoms with Gasteiger partial charge in [-0.05, 0) is 49.7 Å². The van der Waals surface area contributed by atoms with Gasteiger partial charge >= 0.3 is 5.97 Å². The Kier molecular flexibility index (Phi) is 5.26. The van der Waals surface area contributed by atoms with Crippen molar-refractivity contribution in [2.75, 3.05) is 25.2 Å². The summed E-state index contributed by atoms with van der Waals surface area (Å²) in [5, 5.41) is 0. The monoisotopic (exact) mass is 353 g/mol. The predicted octanol–water partition coefficient (Wildman–Crippen LogP) is 3.52. The molecule has 0 aliphatic carbocycles. The third-order valence-electron chi connectivity index (χ3n) is 4.61. The van der Waals surface area contributed by atoms with Crippen LogP contribution >= 0.6 is 0 Å². The zero-order valence-electron chi connectivity index (χ0n) is 15.3. The van der Waals surface area contributed by atoms with Crippen LogP contribution in [0.5, 0.6) is 5.75 Å². The van der Waals surface area contributed by atoms with Crippen molar-refractivity contribution in [2.24, 2.45) is 5.92 Å². The molecule has 1 atom stereocenters. The number of esters is 1. The van der Waals surface area contributed by atoms with Crippen LogP contribution in [0.4, 0.5) is 5.69 Å². The van der Waals surface area contributed by atoms with E-state index in [1.165, 1.54) is 12.7 Å². The summed E-state index contributed by atoms with van der Waals surface area (Å²) in [5.74, 6) is 0.576. The van der Waals surface area contributed by atoms with Crippen LogP contribution in [0.1, 0.15) is 27.9 Å². The first kappa shape index (κ1) is 18.0. The maximum Gasteiger partial charge on any atom is 0.337 e. The fraction of sp³-hybridized carbons (Fsp3) is 0.333. The Bertz CT molecular complexity index is 813. The molecule has 0 N–H and O–H groups in total. The van der Waals surface area contributed by atoms with E-state index in [1.54, 1.807) is 24.3 Å². The number of anilines is 1. The number of carbonyl (C=O) groups excluding carboxylic acids is 2. The van der Waals surface area contributed by atoms with Crippen molar-refractivity contribution in [3.63, 3.8) is 0 Å². The molecule has 5 nitrogen and oxygen atoms in total. The standard InChI is InChI=1S/C21H23NO4/c1-14-4-9-19(15(2)10-14)22-12-16(11-20(22)23)13-26-18-7-5-17(6-8-18)21(24)25-3/h4-10,16H,11-13H2,1-3H3. The summed E-state index contributed by atoms with van der Waals surface area (Å²) >= 11 is 0. The molecule has 1 heterocycles. The van der Waals surface area contributed by atoms with Crippen LogP contribution in [0.3, 0.4) is 0 Å². The number of ether oxygens (including phenoxy) is 2. The highest BCUT2D eigenvalue weighted by molar-refractivity contribution is 5.96. The predicted molar refractivity (Wildman–Crippen MR) is 99.7 cm³/mol. The van der Waals surface area contributed by atoms with Gasteiger partial charge in [0.05, 0.1) is 19.3 Å². The Morgan fingerprint density at radius 2 is 1.88 bits per heavy atom. The van der Waals surface area contributed by atoms with Gasteiger partial charge in [-0.25, -0.2) is 4.79 Å². The lowest BCUT2D eigenvalue weighted by Gasteiger charge is -2.19. The molecule has 136 valence electrons. The number of benzene rings is 2. The number of amides is 1. The van der Waals surface area contributed by atoms with Crippen molar-refractivity contribution in [2.45, 2.75) is 20.3 Å². The average Bonchev–Trinajstić information content (AvgIpc) is 3.00. The molecule has 2 aromatic rings. The van der Waals surface area contributed by atoms with Crippen molar-refractivity contribution in [3.05, 3.63) is 59.2 Å². The lowest BCUT2D eigenvalue weighted by atomic mass is 10.1. The lowest BCUT2D eigenvalue weighted by Crippen LogP contribution is -2.26. The van der Waals surface area contributed by atoms with Crippen LogP contribution in [-0.4, -0.2) is 32.1 Å². The van der Waals surface area contributed by atoms with Crippen LogP contribution < -0.4 is 9.64 Å². The fourth-order valence-electron chi connectivity index (χ4n) is 3.25. The van der Waals surface area contributed by atoms with Gasteiger partial charge in [0.25, 0.3) is 0 Å². The zero-order chi connectivity index (χ0) is 18.7. The SMILES string of the molecule is COC(=O)c1ccc(OCC2CC(=O)N(c3ccc(C)cc3C)C2)cc1. The molecule has 3 rings (SSSR count). The molecule has 0 aromatic heterocycles. The molecule has 1 saturated heterocycles. The van der Waals surface area contributed by atoms with Gasteiger partial charge < -0.3 is 14.4 Å². The summed E-state index contributed by atoms with van der Waals surface area (Å²) in [7, 11) is 1.35. The number of hydrogen-bond donors (Lipinski definition) is 0. The van der Waals surface area contributed by atoms with Gasteiger partial charge in [0.15, 0.2) is 0 Å². The minimum Gasteiger partial charge on any atom is -0.493 e. The summed E-state index contributed by atoms with van der Waals surface area (Å²) in [5.41, 5.74) is 3.76. The summed E-state index contributed by atoms with van der Waals surface area (Å²) in [4.78, 5) is 25.7. The molecule has 5 heteroatoms. The Hall–Kier alpha value is -2.82. The van der Waals surface area contributed by atoms with Gasteiger partial charge in [0.2, 0.25) is 5.91 Å². The second kappa shape index (κ2) is 7.60. The van der Waals surface area contributed by atoms with Gasteiger partial charge in [-0.3, -0.25) is 4.79 Å². The average molecular weight is 353 g/mol. The Labute approximate surface area is 153 Å². The minimum absolute atomic E-state index is 0.131. The van der Waals surface area contributed by atoms with Crippen LogP contribution in [-0.2, 0) is 9.53 Å². The van der Waals surface area contributed by atoms with Gasteiger partial charge in [0, 0.05) is 24.6 Å². The summed E-state index contributed by atoms with van der Waals surface area (Å²) in [6, 6.07) is 13.0. The van der Waals surface area contributed by atoms with Crippen molar-refractivity contribution in [1.29, 1.82) is 0 Å². The number of rotatable bonds is 5. The Morgan fingerprint density at radius 1 is 1.15 bits per heavy atom. The van der Waals surface area contributed by atoms with E-state index in [0.717, 1.165) is 11.3 Å². The normalized spacial score (nSPS) is 16.7. The number of carbonyl (C=O) groups is 2. The van der Waals surface area contributed by atoms with E-state index in [0.29, 0.717) is 30.9 Å². The Balaban J connectivity index is 1.60. The number of methoxy groups -OCH3 is 1. The van der Waals surface area contributed by atoms with Crippen LogP contribution in [0.15, 0.2) is 42.5 Å². The maximum absolute atomic E-state index is 12.4. The number of nitrogens with zero attached hydrogens (tertiary/aromatic N) is 1. The quantitative estimate of drug-likeness (QED) is 0.772. The third kappa shape index (κ3) is 3.87. The first-order valence-electron chi connectivity index (χ1n) is 8.66. The van der Waals surface area contributed by atoms with Crippen LogP contribution in [0.2, 0.25) is 0 Å². The van der Waals surface area contributed by atoms with Crippen LogP contribution in [0, 0.1) is 19.8 Å². The molecule has 1 aliphatic heterocycles. The maximum atomic E-state index is 12.4. The van der Waals surface area contributed by atoms with Crippen molar-refractivity contribution in [3.8, 4) is 5.75 Å². The van der Waals surface area contributed by atoms with E-state index >= 15 is 0 Å². The van der Waals surface area contributed by atoms with E-state index in [9.17, 15) is 9.59 Å². The van der Waals surface area contributed by atoms with Gasteiger partial charge in [0.1, 0.15) is 5.75 Å². The fourth-order valence-corrected chi connectivity index (χ4v) is 3.25. The first-order chi connectivity index (χ1) is 12.5. The highest BCUT2D eigenvalue weighted by Gasteiger charge is 2.31. The van der Waals surface area contributed by atoms with E-state index < -0.39 is 0 Å². The summed E-state index contributed by atoms with van der Waals surface area (Å²) in [6.07, 6.45) is 0.480. The Morgan fingerprint density at radius 3 is 2.54 bits per heavy atom. The number of aryl methyl sites for hydroxylation is 2. The smallest absolute Gasteiger partial charge is 0.337 e. The second-order valence-electron chi connectivity index (χ2n) is 6.69.